The lowest BCUT2D eigenvalue weighted by atomic mass is 10.1. The number of hydrogen-bond acceptors (Lipinski definition) is 4. The van der Waals surface area contributed by atoms with Gasteiger partial charge in [-0.15, -0.1) is 0 Å². The third-order valence-corrected chi connectivity index (χ3v) is 5.55. The van der Waals surface area contributed by atoms with Gasteiger partial charge in [0.25, 0.3) is 11.1 Å². The zero-order chi connectivity index (χ0) is 20.2. The van der Waals surface area contributed by atoms with Gasteiger partial charge in [-0.3, -0.25) is 9.59 Å². The molecule has 3 aromatic carbocycles. The molecule has 29 heavy (non-hydrogen) atoms. The normalized spacial score (nSPS) is 16.6. The Kier molecular flexibility index (Phi) is 5.49. The Morgan fingerprint density at radius 1 is 0.828 bits per heavy atom. The molecular formula is C24H20N2O2S. The van der Waals surface area contributed by atoms with E-state index in [1.165, 1.54) is 4.90 Å². The van der Waals surface area contributed by atoms with Gasteiger partial charge in [-0.05, 0) is 54.1 Å². The molecule has 5 heteroatoms. The summed E-state index contributed by atoms with van der Waals surface area (Å²) in [5.41, 5.74) is 4.67. The standard InChI is InChI=1S/C24H20N2O2S/c1-17-7-15-21(16-8-17)26-23(27)22(29-24(26)28)25-20-13-11-19(12-14-20)10-9-18-5-3-2-4-6-18/h2-16,22,25H,1H3/b10-9+. The van der Waals surface area contributed by atoms with E-state index in [4.69, 9.17) is 0 Å². The second kappa shape index (κ2) is 8.37. The summed E-state index contributed by atoms with van der Waals surface area (Å²) in [6.07, 6.45) is 4.09. The van der Waals surface area contributed by atoms with Crippen LogP contribution in [0.3, 0.4) is 0 Å². The number of nitrogens with zero attached hydrogens (tertiary/aromatic N) is 1. The van der Waals surface area contributed by atoms with Crippen LogP contribution in [-0.2, 0) is 4.79 Å². The van der Waals surface area contributed by atoms with Gasteiger partial charge in [0.15, 0.2) is 5.37 Å². The number of amides is 2. The minimum Gasteiger partial charge on any atom is -0.365 e. The van der Waals surface area contributed by atoms with Crippen LogP contribution in [0.2, 0.25) is 0 Å². The van der Waals surface area contributed by atoms with Gasteiger partial charge in [0, 0.05) is 5.69 Å². The van der Waals surface area contributed by atoms with E-state index >= 15 is 0 Å². The zero-order valence-corrected chi connectivity index (χ0v) is 16.7. The first-order valence-electron chi connectivity index (χ1n) is 9.31. The Hall–Kier alpha value is -3.31. The highest BCUT2D eigenvalue weighted by molar-refractivity contribution is 8.16. The molecule has 0 bridgehead atoms. The van der Waals surface area contributed by atoms with Crippen LogP contribution in [0.15, 0.2) is 78.9 Å². The van der Waals surface area contributed by atoms with Crippen LogP contribution in [0.25, 0.3) is 12.2 Å². The molecule has 3 aromatic rings. The van der Waals surface area contributed by atoms with Gasteiger partial charge in [0.2, 0.25) is 0 Å². The molecule has 2 amide bonds. The third-order valence-electron chi connectivity index (χ3n) is 4.61. The van der Waals surface area contributed by atoms with Crippen molar-refractivity contribution >= 4 is 46.4 Å². The summed E-state index contributed by atoms with van der Waals surface area (Å²) in [6.45, 7) is 1.97. The molecule has 1 saturated heterocycles. The number of rotatable bonds is 5. The molecule has 0 saturated carbocycles. The van der Waals surface area contributed by atoms with E-state index in [9.17, 15) is 9.59 Å². The number of hydrogen-bond donors (Lipinski definition) is 1. The number of anilines is 2. The molecule has 0 aliphatic carbocycles. The predicted octanol–water partition coefficient (Wildman–Crippen LogP) is 5.80. The summed E-state index contributed by atoms with van der Waals surface area (Å²) in [5.74, 6) is -0.253. The van der Waals surface area contributed by atoms with Crippen molar-refractivity contribution in [1.82, 2.24) is 0 Å². The molecule has 1 heterocycles. The van der Waals surface area contributed by atoms with Crippen LogP contribution in [0.4, 0.5) is 16.2 Å². The molecular weight excluding hydrogens is 380 g/mol. The van der Waals surface area contributed by atoms with Gasteiger partial charge >= 0.3 is 0 Å². The van der Waals surface area contributed by atoms with Gasteiger partial charge in [-0.2, -0.15) is 0 Å². The number of thioether (sulfide) groups is 1. The van der Waals surface area contributed by atoms with E-state index in [1.54, 1.807) is 12.1 Å². The summed E-state index contributed by atoms with van der Waals surface area (Å²) in [4.78, 5) is 26.3. The van der Waals surface area contributed by atoms with E-state index in [0.717, 1.165) is 34.1 Å². The van der Waals surface area contributed by atoms with E-state index in [0.29, 0.717) is 5.69 Å². The average molecular weight is 401 g/mol. The van der Waals surface area contributed by atoms with Crippen molar-refractivity contribution in [2.45, 2.75) is 12.3 Å². The van der Waals surface area contributed by atoms with E-state index in [2.05, 4.69) is 11.4 Å². The maximum absolute atomic E-state index is 12.7. The van der Waals surface area contributed by atoms with E-state index in [-0.39, 0.29) is 11.1 Å². The molecule has 1 fully saturated rings. The van der Waals surface area contributed by atoms with Crippen molar-refractivity contribution in [3.05, 3.63) is 95.6 Å². The maximum Gasteiger partial charge on any atom is 0.295 e. The van der Waals surface area contributed by atoms with Gasteiger partial charge in [-0.1, -0.05) is 72.3 Å². The fourth-order valence-corrected chi connectivity index (χ4v) is 3.93. The van der Waals surface area contributed by atoms with Gasteiger partial charge in [0.1, 0.15) is 0 Å². The lowest BCUT2D eigenvalue weighted by molar-refractivity contribution is -0.116. The molecule has 1 aliphatic rings. The van der Waals surface area contributed by atoms with Gasteiger partial charge in [0.05, 0.1) is 5.69 Å². The molecule has 1 atom stereocenters. The SMILES string of the molecule is Cc1ccc(N2C(=O)SC(Nc3ccc(/C=C/c4ccccc4)cc3)C2=O)cc1. The minimum absolute atomic E-state index is 0.253. The molecule has 0 spiro atoms. The number of aryl methyl sites for hydroxylation is 1. The summed E-state index contributed by atoms with van der Waals surface area (Å²) < 4.78 is 0. The highest BCUT2D eigenvalue weighted by atomic mass is 32.2. The van der Waals surface area contributed by atoms with Gasteiger partial charge < -0.3 is 5.32 Å². The zero-order valence-electron chi connectivity index (χ0n) is 15.9. The van der Waals surface area contributed by atoms with Crippen molar-refractivity contribution in [2.75, 3.05) is 10.2 Å². The minimum atomic E-state index is -0.630. The van der Waals surface area contributed by atoms with E-state index in [1.807, 2.05) is 79.7 Å². The summed E-state index contributed by atoms with van der Waals surface area (Å²) in [6, 6.07) is 25.2. The van der Waals surface area contributed by atoms with Crippen LogP contribution in [0, 0.1) is 6.92 Å². The monoisotopic (exact) mass is 400 g/mol. The molecule has 4 rings (SSSR count). The predicted molar refractivity (Wildman–Crippen MR) is 121 cm³/mol. The average Bonchev–Trinajstić information content (AvgIpc) is 3.02. The Morgan fingerprint density at radius 2 is 1.45 bits per heavy atom. The Bertz CT molecular complexity index is 1040. The fraction of sp³-hybridized carbons (Fsp3) is 0.0833. The number of nitrogens with one attached hydrogen (secondary N) is 1. The Labute approximate surface area is 174 Å². The Balaban J connectivity index is 1.43. The van der Waals surface area contributed by atoms with Crippen molar-refractivity contribution in [3.8, 4) is 0 Å². The largest absolute Gasteiger partial charge is 0.365 e. The quantitative estimate of drug-likeness (QED) is 0.550. The Morgan fingerprint density at radius 3 is 2.10 bits per heavy atom. The van der Waals surface area contributed by atoms with E-state index < -0.39 is 5.37 Å². The number of carbonyl (C=O) groups is 2. The second-order valence-electron chi connectivity index (χ2n) is 6.78. The molecule has 1 unspecified atom stereocenters. The summed E-state index contributed by atoms with van der Waals surface area (Å²) in [7, 11) is 0. The number of carbonyl (C=O) groups excluding carboxylic acids is 2. The number of imide groups is 1. The molecule has 1 N–H and O–H groups in total. The first-order chi connectivity index (χ1) is 14.1. The maximum atomic E-state index is 12.7. The first kappa shape index (κ1) is 19.0. The van der Waals surface area contributed by atoms with Crippen LogP contribution in [0.5, 0.6) is 0 Å². The highest BCUT2D eigenvalue weighted by Crippen LogP contribution is 2.32. The molecule has 1 aliphatic heterocycles. The van der Waals surface area contributed by atoms with Crippen LogP contribution in [-0.4, -0.2) is 16.5 Å². The lowest BCUT2D eigenvalue weighted by Gasteiger charge is -2.15. The summed E-state index contributed by atoms with van der Waals surface area (Å²) in [5, 5.41) is 2.26. The van der Waals surface area contributed by atoms with Crippen molar-refractivity contribution in [2.24, 2.45) is 0 Å². The van der Waals surface area contributed by atoms with Gasteiger partial charge in [-0.25, -0.2) is 4.90 Å². The lowest BCUT2D eigenvalue weighted by Crippen LogP contribution is -2.34. The number of benzene rings is 3. The van der Waals surface area contributed by atoms with Crippen LogP contribution >= 0.6 is 11.8 Å². The third kappa shape index (κ3) is 4.41. The molecule has 0 radical (unpaired) electrons. The fourth-order valence-electron chi connectivity index (χ4n) is 3.03. The topological polar surface area (TPSA) is 49.4 Å². The summed E-state index contributed by atoms with van der Waals surface area (Å²) >= 11 is 1.000. The van der Waals surface area contributed by atoms with Crippen LogP contribution < -0.4 is 10.2 Å². The van der Waals surface area contributed by atoms with Crippen molar-refractivity contribution < 1.29 is 9.59 Å². The van der Waals surface area contributed by atoms with Crippen molar-refractivity contribution in [3.63, 3.8) is 0 Å². The smallest absolute Gasteiger partial charge is 0.295 e. The second-order valence-corrected chi connectivity index (χ2v) is 7.84. The van der Waals surface area contributed by atoms with Crippen molar-refractivity contribution in [1.29, 1.82) is 0 Å². The highest BCUT2D eigenvalue weighted by Gasteiger charge is 2.40. The first-order valence-corrected chi connectivity index (χ1v) is 10.2. The molecule has 144 valence electrons. The van der Waals surface area contributed by atoms with Crippen LogP contribution in [0.1, 0.15) is 16.7 Å². The molecule has 0 aromatic heterocycles. The molecule has 4 nitrogen and oxygen atoms in total.